The molecule has 2 N–H and O–H groups in total. The van der Waals surface area contributed by atoms with Crippen molar-refractivity contribution in [1.82, 2.24) is 0 Å². The summed E-state index contributed by atoms with van der Waals surface area (Å²) in [4.78, 5) is 0. The number of nitrogens with two attached hydrogens (primary N) is 1. The third-order valence-electron chi connectivity index (χ3n) is 3.62. The van der Waals surface area contributed by atoms with Gasteiger partial charge in [0.05, 0.1) is 0 Å². The van der Waals surface area contributed by atoms with Crippen LogP contribution in [0.2, 0.25) is 0 Å². The van der Waals surface area contributed by atoms with Crippen LogP contribution in [0.4, 0.5) is 4.39 Å². The molecule has 0 aliphatic rings. The number of rotatable bonds is 6. The van der Waals surface area contributed by atoms with Crippen LogP contribution in [0.15, 0.2) is 48.5 Å². The normalized spacial score (nSPS) is 13.7. The molecule has 2 unspecified atom stereocenters. The summed E-state index contributed by atoms with van der Waals surface area (Å²) in [6.45, 7) is 3.95. The van der Waals surface area contributed by atoms with E-state index < -0.39 is 0 Å². The molecule has 21 heavy (non-hydrogen) atoms. The van der Waals surface area contributed by atoms with Crippen LogP contribution < -0.4 is 10.5 Å². The van der Waals surface area contributed by atoms with E-state index >= 15 is 0 Å². The van der Waals surface area contributed by atoms with Crippen molar-refractivity contribution in [2.45, 2.75) is 38.8 Å². The smallest absolute Gasteiger partial charge is 0.165 e. The molecule has 0 fully saturated rings. The Hall–Kier alpha value is -1.87. The molecule has 0 aliphatic carbocycles. The van der Waals surface area contributed by atoms with Gasteiger partial charge in [-0.3, -0.25) is 0 Å². The molecule has 112 valence electrons. The molecule has 0 aliphatic heterocycles. The minimum Gasteiger partial charge on any atom is -0.483 e. The highest BCUT2D eigenvalue weighted by molar-refractivity contribution is 5.36. The number of para-hydroxylation sites is 1. The maximum Gasteiger partial charge on any atom is 0.165 e. The zero-order valence-electron chi connectivity index (χ0n) is 12.6. The zero-order valence-corrected chi connectivity index (χ0v) is 12.6. The van der Waals surface area contributed by atoms with E-state index in [1.165, 1.54) is 6.07 Å². The lowest BCUT2D eigenvalue weighted by Gasteiger charge is -2.19. The lowest BCUT2D eigenvalue weighted by Crippen LogP contribution is -2.22. The first-order valence-electron chi connectivity index (χ1n) is 7.36. The van der Waals surface area contributed by atoms with E-state index in [9.17, 15) is 4.39 Å². The van der Waals surface area contributed by atoms with Gasteiger partial charge in [-0.05, 0) is 37.0 Å². The van der Waals surface area contributed by atoms with Gasteiger partial charge in [0.15, 0.2) is 11.6 Å². The lowest BCUT2D eigenvalue weighted by molar-refractivity contribution is 0.213. The number of halogens is 1. The zero-order chi connectivity index (χ0) is 15.2. The second-order valence-corrected chi connectivity index (χ2v) is 5.27. The first-order chi connectivity index (χ1) is 10.1. The Morgan fingerprint density at radius 1 is 1.10 bits per heavy atom. The van der Waals surface area contributed by atoms with Gasteiger partial charge in [-0.2, -0.15) is 0 Å². The number of hydrogen-bond acceptors (Lipinski definition) is 2. The van der Waals surface area contributed by atoms with E-state index in [1.807, 2.05) is 50.2 Å². The highest BCUT2D eigenvalue weighted by Gasteiger charge is 2.16. The van der Waals surface area contributed by atoms with Gasteiger partial charge in [0, 0.05) is 6.04 Å². The monoisotopic (exact) mass is 287 g/mol. The number of hydrogen-bond donors (Lipinski definition) is 1. The Morgan fingerprint density at radius 2 is 1.81 bits per heavy atom. The van der Waals surface area contributed by atoms with Crippen LogP contribution in [0, 0.1) is 5.82 Å². The molecule has 0 radical (unpaired) electrons. The third kappa shape index (κ3) is 4.05. The van der Waals surface area contributed by atoms with Crippen LogP contribution in [0.25, 0.3) is 0 Å². The van der Waals surface area contributed by atoms with Crippen LogP contribution in [-0.4, -0.2) is 6.04 Å². The molecule has 3 heteroatoms. The van der Waals surface area contributed by atoms with Gasteiger partial charge in [0.2, 0.25) is 0 Å². The lowest BCUT2D eigenvalue weighted by atomic mass is 10.0. The van der Waals surface area contributed by atoms with E-state index in [0.29, 0.717) is 12.2 Å². The van der Waals surface area contributed by atoms with E-state index in [1.54, 1.807) is 6.07 Å². The molecule has 2 aromatic carbocycles. The van der Waals surface area contributed by atoms with Gasteiger partial charge in [-0.1, -0.05) is 49.4 Å². The molecule has 2 rings (SSSR count). The van der Waals surface area contributed by atoms with Crippen molar-refractivity contribution >= 4 is 0 Å². The van der Waals surface area contributed by atoms with E-state index in [-0.39, 0.29) is 18.0 Å². The van der Waals surface area contributed by atoms with Gasteiger partial charge in [0.1, 0.15) is 6.10 Å². The Kier molecular flexibility index (Phi) is 5.34. The minimum absolute atomic E-state index is 0.0150. The quantitative estimate of drug-likeness (QED) is 0.862. The number of benzene rings is 2. The molecule has 0 amide bonds. The standard InChI is InChI=1S/C18H22FNO/c1-3-16(20)12-15-10-7-11-17(19)18(15)21-13(2)14-8-5-4-6-9-14/h4-11,13,16H,3,12,20H2,1-2H3. The Balaban J connectivity index is 2.22. The highest BCUT2D eigenvalue weighted by Crippen LogP contribution is 2.29. The van der Waals surface area contributed by atoms with Crippen molar-refractivity contribution in [2.75, 3.05) is 0 Å². The second-order valence-electron chi connectivity index (χ2n) is 5.27. The molecule has 0 bridgehead atoms. The molecule has 0 saturated heterocycles. The maximum absolute atomic E-state index is 14.1. The van der Waals surface area contributed by atoms with Crippen LogP contribution in [0.3, 0.4) is 0 Å². The molecule has 2 nitrogen and oxygen atoms in total. The molecule has 0 saturated carbocycles. The summed E-state index contributed by atoms with van der Waals surface area (Å²) in [7, 11) is 0. The largest absolute Gasteiger partial charge is 0.483 e. The maximum atomic E-state index is 14.1. The SMILES string of the molecule is CCC(N)Cc1cccc(F)c1OC(C)c1ccccc1. The first kappa shape index (κ1) is 15.5. The summed E-state index contributed by atoms with van der Waals surface area (Å²) < 4.78 is 20.0. The van der Waals surface area contributed by atoms with Crippen LogP contribution >= 0.6 is 0 Å². The first-order valence-corrected chi connectivity index (χ1v) is 7.36. The number of ether oxygens (including phenoxy) is 1. The third-order valence-corrected chi connectivity index (χ3v) is 3.62. The predicted octanol–water partition coefficient (Wildman–Crippen LogP) is 4.25. The molecule has 0 heterocycles. The molecular weight excluding hydrogens is 265 g/mol. The summed E-state index contributed by atoms with van der Waals surface area (Å²) >= 11 is 0. The van der Waals surface area contributed by atoms with Gasteiger partial charge < -0.3 is 10.5 Å². The average molecular weight is 287 g/mol. The summed E-state index contributed by atoms with van der Waals surface area (Å²) in [5.41, 5.74) is 7.83. The summed E-state index contributed by atoms with van der Waals surface area (Å²) in [5, 5.41) is 0. The van der Waals surface area contributed by atoms with E-state index in [4.69, 9.17) is 10.5 Å². The topological polar surface area (TPSA) is 35.2 Å². The van der Waals surface area contributed by atoms with Crippen molar-refractivity contribution < 1.29 is 9.13 Å². The van der Waals surface area contributed by atoms with Crippen LogP contribution in [0.5, 0.6) is 5.75 Å². The summed E-state index contributed by atoms with van der Waals surface area (Å²) in [6, 6.07) is 14.8. The summed E-state index contributed by atoms with van der Waals surface area (Å²) in [5.74, 6) is -0.0173. The van der Waals surface area contributed by atoms with Crippen molar-refractivity contribution in [1.29, 1.82) is 0 Å². The van der Waals surface area contributed by atoms with Crippen LogP contribution in [-0.2, 0) is 6.42 Å². The van der Waals surface area contributed by atoms with Crippen molar-refractivity contribution in [3.8, 4) is 5.75 Å². The molecule has 2 atom stereocenters. The predicted molar refractivity (Wildman–Crippen MR) is 83.9 cm³/mol. The van der Waals surface area contributed by atoms with Crippen molar-refractivity contribution in [3.05, 3.63) is 65.5 Å². The van der Waals surface area contributed by atoms with E-state index in [0.717, 1.165) is 17.5 Å². The highest BCUT2D eigenvalue weighted by atomic mass is 19.1. The summed E-state index contributed by atoms with van der Waals surface area (Å²) in [6.07, 6.45) is 1.26. The molecular formula is C18H22FNO. The second kappa shape index (κ2) is 7.23. The Labute approximate surface area is 125 Å². The molecule has 0 aromatic heterocycles. The van der Waals surface area contributed by atoms with Gasteiger partial charge in [-0.15, -0.1) is 0 Å². The van der Waals surface area contributed by atoms with Crippen LogP contribution in [0.1, 0.15) is 37.5 Å². The fraction of sp³-hybridized carbons (Fsp3) is 0.333. The van der Waals surface area contributed by atoms with E-state index in [2.05, 4.69) is 0 Å². The average Bonchev–Trinajstić information content (AvgIpc) is 2.51. The van der Waals surface area contributed by atoms with Crippen molar-refractivity contribution in [3.63, 3.8) is 0 Å². The minimum atomic E-state index is -0.335. The fourth-order valence-electron chi connectivity index (χ4n) is 2.24. The Bertz CT molecular complexity index is 571. The molecule has 0 spiro atoms. The van der Waals surface area contributed by atoms with Gasteiger partial charge >= 0.3 is 0 Å². The van der Waals surface area contributed by atoms with Gasteiger partial charge in [-0.25, -0.2) is 4.39 Å². The van der Waals surface area contributed by atoms with Crippen molar-refractivity contribution in [2.24, 2.45) is 5.73 Å². The fourth-order valence-corrected chi connectivity index (χ4v) is 2.24. The Morgan fingerprint density at radius 3 is 2.48 bits per heavy atom. The van der Waals surface area contributed by atoms with Gasteiger partial charge in [0.25, 0.3) is 0 Å². The molecule has 2 aromatic rings.